The molecule has 3 aromatic rings. The Balaban J connectivity index is 2.16. The van der Waals surface area contributed by atoms with E-state index < -0.39 is 14.0 Å². The molecule has 0 fully saturated rings. The third kappa shape index (κ3) is 3.64. The molecule has 0 aliphatic carbocycles. The fourth-order valence-electron chi connectivity index (χ4n) is 2.61. The average molecular weight is 334 g/mol. The zero-order valence-electron chi connectivity index (χ0n) is 13.4. The van der Waals surface area contributed by atoms with E-state index >= 15 is 0 Å². The van der Waals surface area contributed by atoms with Gasteiger partial charge in [0.05, 0.1) is 5.69 Å². The van der Waals surface area contributed by atoms with Crippen LogP contribution in [0.2, 0.25) is 0 Å². The van der Waals surface area contributed by atoms with E-state index in [1.54, 1.807) is 0 Å². The van der Waals surface area contributed by atoms with Crippen LogP contribution in [0.1, 0.15) is 5.56 Å². The van der Waals surface area contributed by atoms with Crippen molar-refractivity contribution in [2.75, 3.05) is 5.32 Å². The highest BCUT2D eigenvalue weighted by Gasteiger charge is 2.19. The molecule has 0 spiro atoms. The summed E-state index contributed by atoms with van der Waals surface area (Å²) >= 11 is 0. The van der Waals surface area contributed by atoms with Crippen molar-refractivity contribution in [3.8, 4) is 0 Å². The minimum absolute atomic E-state index is 0.547. The normalized spacial score (nSPS) is 11.7. The number of urea groups is 1. The molecule has 2 amide bonds. The summed E-state index contributed by atoms with van der Waals surface area (Å²) in [5, 5.41) is 6.31. The maximum atomic E-state index is 11.4. The lowest BCUT2D eigenvalue weighted by Gasteiger charge is -2.22. The van der Waals surface area contributed by atoms with Crippen molar-refractivity contribution in [2.45, 2.75) is 6.92 Å². The summed E-state index contributed by atoms with van der Waals surface area (Å²) in [6.07, 6.45) is 0. The van der Waals surface area contributed by atoms with Crippen molar-refractivity contribution in [1.82, 2.24) is 0 Å². The molecule has 120 valence electrons. The second-order valence-electron chi connectivity index (χ2n) is 5.51. The van der Waals surface area contributed by atoms with Gasteiger partial charge in [0, 0.05) is 5.30 Å². The number of carbonyl (C=O) groups is 1. The lowest BCUT2D eigenvalue weighted by Crippen LogP contribution is -2.27. The van der Waals surface area contributed by atoms with E-state index in [1.165, 1.54) is 16.2 Å². The van der Waals surface area contributed by atoms with E-state index in [1.807, 2.05) is 36.4 Å². The summed E-state index contributed by atoms with van der Waals surface area (Å²) < 4.78 is 0. The van der Waals surface area contributed by atoms with Gasteiger partial charge in [-0.1, -0.05) is 78.4 Å². The van der Waals surface area contributed by atoms with Gasteiger partial charge in [0.2, 0.25) is 0 Å². The SMILES string of the molecule is Cc1ccc(P(c2ccccc2)c2ccccc2NC(N)=O)cc1. The van der Waals surface area contributed by atoms with Crippen LogP contribution in [0.3, 0.4) is 0 Å². The lowest BCUT2D eigenvalue weighted by atomic mass is 10.2. The van der Waals surface area contributed by atoms with Gasteiger partial charge in [-0.25, -0.2) is 4.79 Å². The quantitative estimate of drug-likeness (QED) is 0.707. The van der Waals surface area contributed by atoms with E-state index in [0.29, 0.717) is 0 Å². The van der Waals surface area contributed by atoms with Crippen molar-refractivity contribution in [3.63, 3.8) is 0 Å². The van der Waals surface area contributed by atoms with Crippen molar-refractivity contribution in [3.05, 3.63) is 84.4 Å². The molecule has 24 heavy (non-hydrogen) atoms. The molecule has 0 bridgehead atoms. The highest BCUT2D eigenvalue weighted by atomic mass is 31.1. The number of rotatable bonds is 4. The van der Waals surface area contributed by atoms with Gasteiger partial charge in [-0.3, -0.25) is 0 Å². The molecule has 1 unspecified atom stereocenters. The average Bonchev–Trinajstić information content (AvgIpc) is 2.59. The third-order valence-corrected chi connectivity index (χ3v) is 6.21. The number of anilines is 1. The first kappa shape index (κ1) is 16.2. The van der Waals surface area contributed by atoms with Gasteiger partial charge in [0.25, 0.3) is 0 Å². The highest BCUT2D eigenvalue weighted by molar-refractivity contribution is 7.80. The maximum absolute atomic E-state index is 11.4. The predicted octanol–water partition coefficient (Wildman–Crippen LogP) is 3.24. The standard InChI is InChI=1S/C20H19N2OP/c1-15-11-13-17(14-12-15)24(16-7-3-2-4-8-16)19-10-6-5-9-18(19)22-20(21)23/h2-14H,1H3,(H3,21,22,23). The minimum Gasteiger partial charge on any atom is -0.351 e. The summed E-state index contributed by atoms with van der Waals surface area (Å²) in [4.78, 5) is 11.4. The number of para-hydroxylation sites is 1. The largest absolute Gasteiger partial charge is 0.351 e. The molecule has 0 aromatic heterocycles. The Morgan fingerprint density at radius 3 is 2.08 bits per heavy atom. The fourth-order valence-corrected chi connectivity index (χ4v) is 4.98. The number of hydrogen-bond acceptors (Lipinski definition) is 1. The number of nitrogens with two attached hydrogens (primary N) is 1. The summed E-state index contributed by atoms with van der Waals surface area (Å²) in [6.45, 7) is 2.08. The molecule has 0 saturated carbocycles. The Kier molecular flexibility index (Phi) is 4.93. The third-order valence-electron chi connectivity index (χ3n) is 3.71. The van der Waals surface area contributed by atoms with Gasteiger partial charge >= 0.3 is 6.03 Å². The first-order valence-corrected chi connectivity index (χ1v) is 9.06. The van der Waals surface area contributed by atoms with E-state index in [4.69, 9.17) is 5.73 Å². The number of benzene rings is 3. The molecular formula is C20H19N2OP. The molecule has 4 heteroatoms. The van der Waals surface area contributed by atoms with Gasteiger partial charge in [0.1, 0.15) is 0 Å². The fraction of sp³-hybridized carbons (Fsp3) is 0.0500. The van der Waals surface area contributed by atoms with Crippen LogP contribution >= 0.6 is 7.92 Å². The molecular weight excluding hydrogens is 315 g/mol. The van der Waals surface area contributed by atoms with Crippen LogP contribution in [-0.4, -0.2) is 6.03 Å². The molecule has 0 radical (unpaired) electrons. The molecule has 0 heterocycles. The number of hydrogen-bond donors (Lipinski definition) is 2. The second kappa shape index (κ2) is 7.29. The number of primary amides is 1. The highest BCUT2D eigenvalue weighted by Crippen LogP contribution is 2.35. The monoisotopic (exact) mass is 334 g/mol. The first-order valence-electron chi connectivity index (χ1n) is 7.72. The van der Waals surface area contributed by atoms with Crippen molar-refractivity contribution in [1.29, 1.82) is 0 Å². The van der Waals surface area contributed by atoms with Crippen LogP contribution in [0, 0.1) is 6.92 Å². The molecule has 0 aliphatic heterocycles. The molecule has 1 atom stereocenters. The van der Waals surface area contributed by atoms with E-state index in [0.717, 1.165) is 11.0 Å². The zero-order valence-corrected chi connectivity index (χ0v) is 14.3. The van der Waals surface area contributed by atoms with Crippen LogP contribution < -0.4 is 27.0 Å². The molecule has 0 aliphatic rings. The Bertz CT molecular complexity index is 832. The Morgan fingerprint density at radius 2 is 1.42 bits per heavy atom. The smallest absolute Gasteiger partial charge is 0.316 e. The maximum Gasteiger partial charge on any atom is 0.316 e. The molecule has 3 rings (SSSR count). The van der Waals surface area contributed by atoms with E-state index in [-0.39, 0.29) is 0 Å². The molecule has 3 aromatic carbocycles. The Morgan fingerprint density at radius 1 is 0.833 bits per heavy atom. The lowest BCUT2D eigenvalue weighted by molar-refractivity contribution is 0.259. The number of nitrogens with one attached hydrogen (secondary N) is 1. The topological polar surface area (TPSA) is 55.1 Å². The van der Waals surface area contributed by atoms with Crippen molar-refractivity contribution < 1.29 is 4.79 Å². The van der Waals surface area contributed by atoms with Gasteiger partial charge in [-0.05, 0) is 31.5 Å². The van der Waals surface area contributed by atoms with Crippen LogP contribution in [0.25, 0.3) is 0 Å². The molecule has 3 nitrogen and oxygen atoms in total. The Hall–Kier alpha value is -2.64. The van der Waals surface area contributed by atoms with Gasteiger partial charge in [0.15, 0.2) is 0 Å². The summed E-state index contributed by atoms with van der Waals surface area (Å²) in [5.74, 6) is 0. The van der Waals surface area contributed by atoms with Crippen molar-refractivity contribution in [2.24, 2.45) is 5.73 Å². The van der Waals surface area contributed by atoms with E-state index in [2.05, 4.69) is 54.7 Å². The van der Waals surface area contributed by atoms with Crippen LogP contribution in [0.15, 0.2) is 78.9 Å². The van der Waals surface area contributed by atoms with Crippen molar-refractivity contribution >= 4 is 35.6 Å². The Labute approximate surface area is 143 Å². The number of amides is 2. The van der Waals surface area contributed by atoms with Crippen LogP contribution in [-0.2, 0) is 0 Å². The van der Waals surface area contributed by atoms with Crippen LogP contribution in [0.5, 0.6) is 0 Å². The van der Waals surface area contributed by atoms with E-state index in [9.17, 15) is 4.79 Å². The molecule has 0 saturated heterocycles. The summed E-state index contributed by atoms with van der Waals surface area (Å²) in [6, 6.07) is 26.2. The number of carbonyl (C=O) groups excluding carboxylic acids is 1. The summed E-state index contributed by atoms with van der Waals surface area (Å²) in [7, 11) is -0.780. The van der Waals surface area contributed by atoms with Gasteiger partial charge in [-0.2, -0.15) is 0 Å². The minimum atomic E-state index is -0.780. The van der Waals surface area contributed by atoms with Gasteiger partial charge in [-0.15, -0.1) is 0 Å². The zero-order chi connectivity index (χ0) is 16.9. The first-order chi connectivity index (χ1) is 11.6. The van der Waals surface area contributed by atoms with Crippen LogP contribution in [0.4, 0.5) is 10.5 Å². The number of aryl methyl sites for hydroxylation is 1. The summed E-state index contributed by atoms with van der Waals surface area (Å²) in [5.41, 5.74) is 7.34. The predicted molar refractivity (Wildman–Crippen MR) is 103 cm³/mol. The molecule has 3 N–H and O–H groups in total. The van der Waals surface area contributed by atoms with Gasteiger partial charge < -0.3 is 11.1 Å². The second-order valence-corrected chi connectivity index (χ2v) is 7.70.